The van der Waals surface area contributed by atoms with Gasteiger partial charge in [-0.05, 0) is 30.4 Å². The number of hydrogen-bond donors (Lipinski definition) is 4. The Morgan fingerprint density at radius 2 is 1.61 bits per heavy atom. The fraction of sp³-hybridized carbons (Fsp3) is 0.379. The molecule has 0 spiro atoms. The van der Waals surface area contributed by atoms with Gasteiger partial charge in [-0.3, -0.25) is 19.7 Å². The van der Waals surface area contributed by atoms with Crippen molar-refractivity contribution in [1.82, 2.24) is 20.9 Å². The fourth-order valence-corrected chi connectivity index (χ4v) is 5.02. The van der Waals surface area contributed by atoms with Crippen LogP contribution in [0.3, 0.4) is 0 Å². The number of carbonyl (C=O) groups excluding carboxylic acids is 3. The molecular weight excluding hydrogens is 484 g/mol. The van der Waals surface area contributed by atoms with Crippen LogP contribution in [0.2, 0.25) is 0 Å². The molecule has 2 aromatic rings. The second-order valence-electron chi connectivity index (χ2n) is 9.75. The van der Waals surface area contributed by atoms with E-state index in [2.05, 4.69) is 16.0 Å². The minimum absolute atomic E-state index is 0.0905. The van der Waals surface area contributed by atoms with Crippen LogP contribution in [0, 0.1) is 0 Å². The number of amides is 3. The third-order valence-corrected chi connectivity index (χ3v) is 6.91. The van der Waals surface area contributed by atoms with E-state index >= 15 is 0 Å². The molecule has 38 heavy (non-hydrogen) atoms. The van der Waals surface area contributed by atoms with Gasteiger partial charge in [0.05, 0.1) is 0 Å². The number of carboxylic acids is 1. The van der Waals surface area contributed by atoms with Crippen LogP contribution in [0.5, 0.6) is 0 Å². The minimum atomic E-state index is -1.12. The quantitative estimate of drug-likeness (QED) is 0.333. The van der Waals surface area contributed by atoms with Gasteiger partial charge in [-0.25, -0.2) is 4.79 Å². The van der Waals surface area contributed by atoms with Crippen LogP contribution in [0.15, 0.2) is 72.8 Å². The lowest BCUT2D eigenvalue weighted by molar-refractivity contribution is -0.142. The van der Waals surface area contributed by atoms with Crippen LogP contribution in [0.4, 0.5) is 0 Å². The molecule has 4 N–H and O–H groups in total. The Kier molecular flexibility index (Phi) is 9.26. The van der Waals surface area contributed by atoms with Crippen LogP contribution in [0.1, 0.15) is 30.4 Å². The highest BCUT2D eigenvalue weighted by atomic mass is 16.4. The van der Waals surface area contributed by atoms with E-state index in [1.54, 1.807) is 4.90 Å². The Morgan fingerprint density at radius 3 is 2.21 bits per heavy atom. The molecule has 9 nitrogen and oxygen atoms in total. The van der Waals surface area contributed by atoms with Crippen LogP contribution < -0.4 is 16.0 Å². The van der Waals surface area contributed by atoms with Crippen molar-refractivity contribution in [2.75, 3.05) is 13.1 Å². The Morgan fingerprint density at radius 1 is 0.947 bits per heavy atom. The van der Waals surface area contributed by atoms with Gasteiger partial charge in [0, 0.05) is 32.0 Å². The molecule has 0 aromatic heterocycles. The highest BCUT2D eigenvalue weighted by Gasteiger charge is 2.37. The average Bonchev–Trinajstić information content (AvgIpc) is 3.62. The number of hydrogen-bond acceptors (Lipinski definition) is 5. The van der Waals surface area contributed by atoms with E-state index in [0.717, 1.165) is 17.5 Å². The zero-order valence-electron chi connectivity index (χ0n) is 21.2. The van der Waals surface area contributed by atoms with Gasteiger partial charge in [-0.1, -0.05) is 72.8 Å². The van der Waals surface area contributed by atoms with Gasteiger partial charge in [0.25, 0.3) is 0 Å². The van der Waals surface area contributed by atoms with E-state index in [9.17, 15) is 24.3 Å². The van der Waals surface area contributed by atoms with Gasteiger partial charge < -0.3 is 20.6 Å². The average molecular weight is 519 g/mol. The lowest BCUT2D eigenvalue weighted by Gasteiger charge is -2.28. The smallest absolute Gasteiger partial charge is 0.326 e. The monoisotopic (exact) mass is 518 g/mol. The van der Waals surface area contributed by atoms with Crippen LogP contribution in [-0.2, 0) is 32.0 Å². The standard InChI is InChI=1S/C29H34N4O5/c34-26(32-24(29(37)38)18-21-11-5-2-6-12-21)19-22(17-20-9-3-1-4-10-20)31-27(35)25-14-8-16-33(25)28(36)23-13-7-15-30-23/h1-7,9-13,22-25,30H,8,14-19H2,(H,31,35)(H,32,34)(H,37,38)/t22-,23-,24-,25-/m0/s1. The van der Waals surface area contributed by atoms with E-state index in [0.29, 0.717) is 25.9 Å². The van der Waals surface area contributed by atoms with Crippen LogP contribution >= 0.6 is 0 Å². The highest BCUT2D eigenvalue weighted by molar-refractivity contribution is 5.92. The predicted molar refractivity (Wildman–Crippen MR) is 142 cm³/mol. The summed E-state index contributed by atoms with van der Waals surface area (Å²) in [6, 6.07) is 15.9. The van der Waals surface area contributed by atoms with Crippen molar-refractivity contribution < 1.29 is 24.3 Å². The Bertz CT molecular complexity index is 1150. The molecule has 4 atom stereocenters. The van der Waals surface area contributed by atoms with Gasteiger partial charge in [-0.2, -0.15) is 0 Å². The number of likely N-dealkylation sites (tertiary alicyclic amines) is 1. The van der Waals surface area contributed by atoms with E-state index in [1.807, 2.05) is 72.8 Å². The largest absolute Gasteiger partial charge is 0.480 e. The molecule has 0 radical (unpaired) electrons. The fourth-order valence-electron chi connectivity index (χ4n) is 5.02. The molecule has 2 heterocycles. The summed E-state index contributed by atoms with van der Waals surface area (Å²) in [4.78, 5) is 52.8. The third kappa shape index (κ3) is 7.29. The molecule has 9 heteroatoms. The first-order chi connectivity index (χ1) is 18.4. The summed E-state index contributed by atoms with van der Waals surface area (Å²) in [5.41, 5.74) is 1.73. The van der Waals surface area contributed by atoms with Crippen molar-refractivity contribution in [2.24, 2.45) is 0 Å². The summed E-state index contributed by atoms with van der Waals surface area (Å²) < 4.78 is 0. The van der Waals surface area contributed by atoms with Gasteiger partial charge >= 0.3 is 5.97 Å². The molecule has 0 unspecified atom stereocenters. The lowest BCUT2D eigenvalue weighted by Crippen LogP contribution is -2.53. The molecule has 1 saturated heterocycles. The number of nitrogens with zero attached hydrogens (tertiary/aromatic N) is 1. The summed E-state index contributed by atoms with van der Waals surface area (Å²) in [6.07, 6.45) is 5.44. The highest BCUT2D eigenvalue weighted by Crippen LogP contribution is 2.20. The van der Waals surface area contributed by atoms with Crippen molar-refractivity contribution in [3.63, 3.8) is 0 Å². The third-order valence-electron chi connectivity index (χ3n) is 6.91. The zero-order valence-corrected chi connectivity index (χ0v) is 21.2. The number of carbonyl (C=O) groups is 4. The van der Waals surface area contributed by atoms with Crippen LogP contribution in [-0.4, -0.2) is 71.0 Å². The van der Waals surface area contributed by atoms with Gasteiger partial charge in [0.15, 0.2) is 0 Å². The molecular formula is C29H34N4O5. The van der Waals surface area contributed by atoms with Gasteiger partial charge in [0.2, 0.25) is 17.7 Å². The van der Waals surface area contributed by atoms with E-state index in [1.165, 1.54) is 0 Å². The molecule has 4 rings (SSSR count). The Balaban J connectivity index is 1.43. The van der Waals surface area contributed by atoms with Crippen molar-refractivity contribution in [2.45, 2.75) is 56.3 Å². The molecule has 3 amide bonds. The second-order valence-corrected chi connectivity index (χ2v) is 9.75. The van der Waals surface area contributed by atoms with Crippen molar-refractivity contribution in [3.8, 4) is 0 Å². The molecule has 0 aliphatic carbocycles. The normalized spacial score (nSPS) is 20.1. The summed E-state index contributed by atoms with van der Waals surface area (Å²) >= 11 is 0. The second kappa shape index (κ2) is 13.0. The number of carboxylic acid groups (broad SMARTS) is 1. The lowest BCUT2D eigenvalue weighted by atomic mass is 10.0. The SMILES string of the molecule is O=C(C[C@H](Cc1ccccc1)NC(=O)[C@@H]1CCCN1C(=O)[C@@H]1C=CCN1)N[C@@H](Cc1ccccc1)C(=O)O. The van der Waals surface area contributed by atoms with Gasteiger partial charge in [0.1, 0.15) is 18.1 Å². The summed E-state index contributed by atoms with van der Waals surface area (Å²) in [5, 5.41) is 18.4. The summed E-state index contributed by atoms with van der Waals surface area (Å²) in [6.45, 7) is 1.13. The zero-order chi connectivity index (χ0) is 26.9. The molecule has 0 bridgehead atoms. The number of rotatable bonds is 11. The summed E-state index contributed by atoms with van der Waals surface area (Å²) in [7, 11) is 0. The number of nitrogens with one attached hydrogen (secondary N) is 3. The Hall–Kier alpha value is -3.98. The molecule has 1 fully saturated rings. The number of benzene rings is 2. The molecule has 2 aliphatic rings. The molecule has 2 aliphatic heterocycles. The number of aliphatic carboxylic acids is 1. The van der Waals surface area contributed by atoms with E-state index < -0.39 is 36.0 Å². The maximum absolute atomic E-state index is 13.4. The molecule has 0 saturated carbocycles. The topological polar surface area (TPSA) is 128 Å². The Labute approximate surface area is 222 Å². The van der Waals surface area contributed by atoms with Gasteiger partial charge in [-0.15, -0.1) is 0 Å². The predicted octanol–water partition coefficient (Wildman–Crippen LogP) is 1.44. The molecule has 200 valence electrons. The molecule has 2 aromatic carbocycles. The van der Waals surface area contributed by atoms with E-state index in [4.69, 9.17) is 0 Å². The van der Waals surface area contributed by atoms with Crippen molar-refractivity contribution in [1.29, 1.82) is 0 Å². The first kappa shape index (κ1) is 27.1. The first-order valence-corrected chi connectivity index (χ1v) is 13.0. The first-order valence-electron chi connectivity index (χ1n) is 13.0. The minimum Gasteiger partial charge on any atom is -0.480 e. The maximum Gasteiger partial charge on any atom is 0.326 e. The maximum atomic E-state index is 13.4. The van der Waals surface area contributed by atoms with Crippen molar-refractivity contribution in [3.05, 3.63) is 83.9 Å². The van der Waals surface area contributed by atoms with E-state index in [-0.39, 0.29) is 24.7 Å². The van der Waals surface area contributed by atoms with Crippen LogP contribution in [0.25, 0.3) is 0 Å². The van der Waals surface area contributed by atoms with Crippen molar-refractivity contribution >= 4 is 23.7 Å². The summed E-state index contributed by atoms with van der Waals surface area (Å²) in [5.74, 6) is -2.01.